The maximum atomic E-state index is 5.95. The van der Waals surface area contributed by atoms with E-state index in [9.17, 15) is 0 Å². The first-order valence-corrected chi connectivity index (χ1v) is 6.17. The van der Waals surface area contributed by atoms with Crippen LogP contribution in [0.15, 0.2) is 42.5 Å². The summed E-state index contributed by atoms with van der Waals surface area (Å²) in [6, 6.07) is 14.1. The minimum atomic E-state index is -0.0351. The van der Waals surface area contributed by atoms with Crippen LogP contribution in [-0.2, 0) is 0 Å². The lowest BCUT2D eigenvalue weighted by Crippen LogP contribution is -2.06. The highest BCUT2D eigenvalue weighted by atomic mass is 16.5. The summed E-state index contributed by atoms with van der Waals surface area (Å²) in [5, 5.41) is 0. The van der Waals surface area contributed by atoms with Gasteiger partial charge in [-0.25, -0.2) is 0 Å². The first-order chi connectivity index (χ1) is 8.56. The van der Waals surface area contributed by atoms with Crippen LogP contribution < -0.4 is 10.5 Å². The summed E-state index contributed by atoms with van der Waals surface area (Å²) in [6.45, 7) is 6.10. The Morgan fingerprint density at radius 2 is 1.61 bits per heavy atom. The SMILES string of the molecule is Cc1cc(C)cc(Oc2ccccc2[C@H](C)N)c1. The number of aryl methyl sites for hydroxylation is 2. The molecule has 2 aromatic carbocycles. The van der Waals surface area contributed by atoms with Gasteiger partial charge < -0.3 is 10.5 Å². The standard InChI is InChI=1S/C16H19NO/c1-11-8-12(2)10-14(9-11)18-16-7-5-4-6-15(16)13(3)17/h4-10,13H,17H2,1-3H3/t13-/m0/s1. The predicted octanol–water partition coefficient (Wildman–Crippen LogP) is 4.12. The van der Waals surface area contributed by atoms with Crippen molar-refractivity contribution in [3.63, 3.8) is 0 Å². The summed E-state index contributed by atoms with van der Waals surface area (Å²) in [6.07, 6.45) is 0. The van der Waals surface area contributed by atoms with Crippen molar-refractivity contribution in [1.29, 1.82) is 0 Å². The third-order valence-corrected chi connectivity index (χ3v) is 2.83. The number of para-hydroxylation sites is 1. The van der Waals surface area contributed by atoms with Crippen LogP contribution in [0.4, 0.5) is 0 Å². The molecule has 0 saturated carbocycles. The quantitative estimate of drug-likeness (QED) is 0.877. The molecular formula is C16H19NO. The van der Waals surface area contributed by atoms with Gasteiger partial charge in [0.15, 0.2) is 0 Å². The van der Waals surface area contributed by atoms with Gasteiger partial charge in [0.1, 0.15) is 11.5 Å². The summed E-state index contributed by atoms with van der Waals surface area (Å²) in [4.78, 5) is 0. The van der Waals surface area contributed by atoms with Gasteiger partial charge >= 0.3 is 0 Å². The molecule has 18 heavy (non-hydrogen) atoms. The molecule has 0 saturated heterocycles. The molecule has 0 aliphatic rings. The Kier molecular flexibility index (Phi) is 3.68. The average molecular weight is 241 g/mol. The molecule has 0 aliphatic carbocycles. The third kappa shape index (κ3) is 2.90. The molecule has 0 fully saturated rings. The summed E-state index contributed by atoms with van der Waals surface area (Å²) < 4.78 is 5.95. The van der Waals surface area contributed by atoms with E-state index in [4.69, 9.17) is 10.5 Å². The van der Waals surface area contributed by atoms with Crippen LogP contribution >= 0.6 is 0 Å². The maximum Gasteiger partial charge on any atom is 0.132 e. The van der Waals surface area contributed by atoms with Crippen molar-refractivity contribution in [3.8, 4) is 11.5 Å². The minimum Gasteiger partial charge on any atom is -0.457 e. The van der Waals surface area contributed by atoms with Crippen molar-refractivity contribution in [2.75, 3.05) is 0 Å². The molecule has 2 aromatic rings. The lowest BCUT2D eigenvalue weighted by molar-refractivity contribution is 0.471. The number of hydrogen-bond donors (Lipinski definition) is 1. The zero-order valence-corrected chi connectivity index (χ0v) is 11.1. The van der Waals surface area contributed by atoms with Gasteiger partial charge in [-0.2, -0.15) is 0 Å². The Labute approximate surface area is 108 Å². The van der Waals surface area contributed by atoms with Crippen molar-refractivity contribution in [2.24, 2.45) is 5.73 Å². The molecule has 2 N–H and O–H groups in total. The molecule has 0 unspecified atom stereocenters. The van der Waals surface area contributed by atoms with E-state index >= 15 is 0 Å². The van der Waals surface area contributed by atoms with Crippen molar-refractivity contribution in [3.05, 3.63) is 59.2 Å². The third-order valence-electron chi connectivity index (χ3n) is 2.83. The highest BCUT2D eigenvalue weighted by molar-refractivity contribution is 5.41. The second-order valence-corrected chi connectivity index (χ2v) is 4.75. The fourth-order valence-corrected chi connectivity index (χ4v) is 2.07. The molecule has 94 valence electrons. The van der Waals surface area contributed by atoms with Gasteiger partial charge in [-0.15, -0.1) is 0 Å². The van der Waals surface area contributed by atoms with Gasteiger partial charge in [0.2, 0.25) is 0 Å². The number of ether oxygens (including phenoxy) is 1. The van der Waals surface area contributed by atoms with Crippen LogP contribution in [-0.4, -0.2) is 0 Å². The number of rotatable bonds is 3. The van der Waals surface area contributed by atoms with Crippen LogP contribution in [0.3, 0.4) is 0 Å². The maximum absolute atomic E-state index is 5.95. The number of nitrogens with two attached hydrogens (primary N) is 1. The molecule has 0 amide bonds. The fourth-order valence-electron chi connectivity index (χ4n) is 2.07. The largest absolute Gasteiger partial charge is 0.457 e. The Morgan fingerprint density at radius 1 is 1.00 bits per heavy atom. The zero-order valence-electron chi connectivity index (χ0n) is 11.1. The van der Waals surface area contributed by atoms with Crippen LogP contribution in [0.2, 0.25) is 0 Å². The first-order valence-electron chi connectivity index (χ1n) is 6.17. The van der Waals surface area contributed by atoms with Crippen LogP contribution in [0.1, 0.15) is 29.7 Å². The summed E-state index contributed by atoms with van der Waals surface area (Å²) >= 11 is 0. The summed E-state index contributed by atoms with van der Waals surface area (Å²) in [7, 11) is 0. The van der Waals surface area contributed by atoms with E-state index in [1.54, 1.807) is 0 Å². The molecule has 1 atom stereocenters. The number of hydrogen-bond acceptors (Lipinski definition) is 2. The first kappa shape index (κ1) is 12.7. The van der Waals surface area contributed by atoms with Crippen LogP contribution in [0, 0.1) is 13.8 Å². The molecular weight excluding hydrogens is 222 g/mol. The lowest BCUT2D eigenvalue weighted by atomic mass is 10.1. The Bertz CT molecular complexity index is 526. The van der Waals surface area contributed by atoms with Crippen molar-refractivity contribution in [1.82, 2.24) is 0 Å². The number of benzene rings is 2. The topological polar surface area (TPSA) is 35.2 Å². The molecule has 2 heteroatoms. The second-order valence-electron chi connectivity index (χ2n) is 4.75. The molecule has 0 bridgehead atoms. The molecule has 0 heterocycles. The smallest absolute Gasteiger partial charge is 0.132 e. The minimum absolute atomic E-state index is 0.0351. The van der Waals surface area contributed by atoms with Crippen LogP contribution in [0.5, 0.6) is 11.5 Å². The van der Waals surface area contributed by atoms with Gasteiger partial charge in [-0.1, -0.05) is 24.3 Å². The molecule has 0 aromatic heterocycles. The highest BCUT2D eigenvalue weighted by Gasteiger charge is 2.08. The lowest BCUT2D eigenvalue weighted by Gasteiger charge is -2.14. The van der Waals surface area contributed by atoms with Gasteiger partial charge in [0.25, 0.3) is 0 Å². The normalized spacial score (nSPS) is 12.2. The Morgan fingerprint density at radius 3 is 2.22 bits per heavy atom. The van der Waals surface area contributed by atoms with Gasteiger partial charge in [0, 0.05) is 11.6 Å². The average Bonchev–Trinajstić information content (AvgIpc) is 2.27. The second kappa shape index (κ2) is 5.23. The molecule has 0 spiro atoms. The van der Waals surface area contributed by atoms with Crippen molar-refractivity contribution >= 4 is 0 Å². The van der Waals surface area contributed by atoms with Crippen LogP contribution in [0.25, 0.3) is 0 Å². The molecule has 0 radical (unpaired) electrons. The Hall–Kier alpha value is -1.80. The van der Waals surface area contributed by atoms with E-state index in [0.29, 0.717) is 0 Å². The van der Waals surface area contributed by atoms with E-state index in [-0.39, 0.29) is 6.04 Å². The van der Waals surface area contributed by atoms with E-state index in [2.05, 4.69) is 19.9 Å². The monoisotopic (exact) mass is 241 g/mol. The van der Waals surface area contributed by atoms with E-state index in [0.717, 1.165) is 17.1 Å². The molecule has 0 aliphatic heterocycles. The van der Waals surface area contributed by atoms with E-state index in [1.807, 2.05) is 43.3 Å². The van der Waals surface area contributed by atoms with E-state index < -0.39 is 0 Å². The summed E-state index contributed by atoms with van der Waals surface area (Å²) in [5.74, 6) is 1.69. The van der Waals surface area contributed by atoms with Gasteiger partial charge in [-0.3, -0.25) is 0 Å². The van der Waals surface area contributed by atoms with Crippen molar-refractivity contribution < 1.29 is 4.74 Å². The molecule has 2 nitrogen and oxygen atoms in total. The van der Waals surface area contributed by atoms with Crippen molar-refractivity contribution in [2.45, 2.75) is 26.8 Å². The fraction of sp³-hybridized carbons (Fsp3) is 0.250. The van der Waals surface area contributed by atoms with E-state index in [1.165, 1.54) is 11.1 Å². The summed E-state index contributed by atoms with van der Waals surface area (Å²) in [5.41, 5.74) is 9.37. The van der Waals surface area contributed by atoms with Gasteiger partial charge in [0.05, 0.1) is 0 Å². The predicted molar refractivity (Wildman–Crippen MR) is 75.0 cm³/mol. The highest BCUT2D eigenvalue weighted by Crippen LogP contribution is 2.29. The molecule has 2 rings (SSSR count). The van der Waals surface area contributed by atoms with Gasteiger partial charge in [-0.05, 0) is 50.1 Å². The Balaban J connectivity index is 2.34. The zero-order chi connectivity index (χ0) is 13.1.